The Morgan fingerprint density at radius 1 is 0.913 bits per heavy atom. The third-order valence-electron chi connectivity index (χ3n) is 4.09. The van der Waals surface area contributed by atoms with Crippen molar-refractivity contribution in [3.8, 4) is 5.75 Å². The number of unbranched alkanes of at least 4 members (excludes halogenated alkanes) is 2. The zero-order valence-corrected chi connectivity index (χ0v) is 14.9. The fourth-order valence-corrected chi connectivity index (χ4v) is 2.89. The summed E-state index contributed by atoms with van der Waals surface area (Å²) in [4.78, 5) is 0. The summed E-state index contributed by atoms with van der Waals surface area (Å²) < 4.78 is 5.76. The van der Waals surface area contributed by atoms with E-state index in [1.54, 1.807) is 0 Å². The summed E-state index contributed by atoms with van der Waals surface area (Å²) in [7, 11) is 0. The van der Waals surface area contributed by atoms with Crippen LogP contribution in [0.2, 0.25) is 0 Å². The first kappa shape index (κ1) is 17.4. The van der Waals surface area contributed by atoms with Crippen LogP contribution in [0.15, 0.2) is 36.4 Å². The number of rotatable bonds is 8. The molecule has 0 fully saturated rings. The largest absolute Gasteiger partial charge is 0.494 e. The van der Waals surface area contributed by atoms with Crippen molar-refractivity contribution in [1.29, 1.82) is 0 Å². The molecule has 0 aliphatic rings. The molecule has 1 N–H and O–H groups in total. The second-order valence-electron chi connectivity index (χ2n) is 6.33. The highest BCUT2D eigenvalue weighted by atomic mass is 16.5. The molecule has 2 aromatic rings. The zero-order valence-electron chi connectivity index (χ0n) is 14.9. The summed E-state index contributed by atoms with van der Waals surface area (Å²) in [6.45, 7) is 10.3. The maximum Gasteiger partial charge on any atom is 0.119 e. The molecule has 0 radical (unpaired) electrons. The van der Waals surface area contributed by atoms with Gasteiger partial charge in [-0.2, -0.15) is 0 Å². The fourth-order valence-electron chi connectivity index (χ4n) is 2.89. The molecule has 0 unspecified atom stereocenters. The number of benzene rings is 2. The molecule has 2 aromatic carbocycles. The third-order valence-corrected chi connectivity index (χ3v) is 4.09. The van der Waals surface area contributed by atoms with Crippen LogP contribution in [-0.2, 0) is 6.54 Å². The van der Waals surface area contributed by atoms with Gasteiger partial charge in [0.15, 0.2) is 0 Å². The van der Waals surface area contributed by atoms with E-state index in [2.05, 4.69) is 69.4 Å². The van der Waals surface area contributed by atoms with Crippen molar-refractivity contribution in [1.82, 2.24) is 0 Å². The molecule has 0 spiro atoms. The number of hydrogen-bond acceptors (Lipinski definition) is 2. The summed E-state index contributed by atoms with van der Waals surface area (Å²) in [5, 5.41) is 3.56. The Kier molecular flexibility index (Phi) is 6.52. The molecule has 2 rings (SSSR count). The first-order valence-electron chi connectivity index (χ1n) is 8.63. The lowest BCUT2D eigenvalue weighted by atomic mass is 10.0. The van der Waals surface area contributed by atoms with Crippen LogP contribution in [0.1, 0.15) is 48.4 Å². The molecule has 0 bridgehead atoms. The van der Waals surface area contributed by atoms with Crippen LogP contribution >= 0.6 is 0 Å². The number of nitrogens with one attached hydrogen (secondary N) is 1. The highest BCUT2D eigenvalue weighted by Gasteiger charge is 2.03. The Morgan fingerprint density at radius 3 is 2.17 bits per heavy atom. The second kappa shape index (κ2) is 8.61. The monoisotopic (exact) mass is 311 g/mol. The average molecular weight is 311 g/mol. The maximum absolute atomic E-state index is 5.76. The molecule has 0 aliphatic carbocycles. The van der Waals surface area contributed by atoms with Gasteiger partial charge in [0.2, 0.25) is 0 Å². The smallest absolute Gasteiger partial charge is 0.119 e. The zero-order chi connectivity index (χ0) is 16.7. The van der Waals surface area contributed by atoms with E-state index >= 15 is 0 Å². The molecule has 0 heterocycles. The van der Waals surface area contributed by atoms with Crippen molar-refractivity contribution in [3.05, 3.63) is 58.7 Å². The van der Waals surface area contributed by atoms with Crippen LogP contribution in [0.5, 0.6) is 5.75 Å². The quantitative estimate of drug-likeness (QED) is 0.623. The van der Waals surface area contributed by atoms with Crippen LogP contribution in [0.3, 0.4) is 0 Å². The summed E-state index contributed by atoms with van der Waals surface area (Å²) in [6, 6.07) is 12.9. The predicted octanol–water partition coefficient (Wildman–Crippen LogP) is 5.79. The van der Waals surface area contributed by atoms with Crippen molar-refractivity contribution < 1.29 is 4.74 Å². The van der Waals surface area contributed by atoms with Gasteiger partial charge in [-0.25, -0.2) is 0 Å². The minimum atomic E-state index is 0.813. The molecule has 2 heteroatoms. The van der Waals surface area contributed by atoms with E-state index in [9.17, 15) is 0 Å². The fraction of sp³-hybridized carbons (Fsp3) is 0.429. The molecule has 0 atom stereocenters. The lowest BCUT2D eigenvalue weighted by molar-refractivity contribution is 0.306. The van der Waals surface area contributed by atoms with Crippen LogP contribution in [0.25, 0.3) is 0 Å². The Hall–Kier alpha value is -1.96. The Balaban J connectivity index is 1.89. The van der Waals surface area contributed by atoms with Gasteiger partial charge in [0.05, 0.1) is 6.61 Å². The predicted molar refractivity (Wildman–Crippen MR) is 99.4 cm³/mol. The molecular formula is C21H29NO. The van der Waals surface area contributed by atoms with Gasteiger partial charge < -0.3 is 10.1 Å². The topological polar surface area (TPSA) is 21.3 Å². The van der Waals surface area contributed by atoms with E-state index < -0.39 is 0 Å². The Labute approximate surface area is 140 Å². The third kappa shape index (κ3) is 5.31. The molecule has 23 heavy (non-hydrogen) atoms. The normalized spacial score (nSPS) is 10.6. The van der Waals surface area contributed by atoms with Gasteiger partial charge in [-0.15, -0.1) is 0 Å². The van der Waals surface area contributed by atoms with Crippen LogP contribution < -0.4 is 10.1 Å². The van der Waals surface area contributed by atoms with E-state index in [1.807, 2.05) is 0 Å². The van der Waals surface area contributed by atoms with Gasteiger partial charge in [-0.05, 0) is 56.0 Å². The van der Waals surface area contributed by atoms with Crippen molar-refractivity contribution in [3.63, 3.8) is 0 Å². The van der Waals surface area contributed by atoms with Crippen molar-refractivity contribution in [2.24, 2.45) is 0 Å². The molecule has 0 aliphatic heterocycles. The highest BCUT2D eigenvalue weighted by Crippen LogP contribution is 2.23. The van der Waals surface area contributed by atoms with E-state index in [-0.39, 0.29) is 0 Å². The molecular weight excluding hydrogens is 282 g/mol. The lowest BCUT2D eigenvalue weighted by Gasteiger charge is -2.14. The molecule has 2 nitrogen and oxygen atoms in total. The molecule has 0 saturated heterocycles. The van der Waals surface area contributed by atoms with E-state index in [0.29, 0.717) is 0 Å². The SMILES string of the molecule is CCCCCOc1ccc(CNc2c(C)cc(C)cc2C)cc1. The standard InChI is InChI=1S/C21H29NO/c1-5-6-7-12-23-20-10-8-19(9-11-20)15-22-21-17(3)13-16(2)14-18(21)4/h8-11,13-14,22H,5-7,12,15H2,1-4H3. The maximum atomic E-state index is 5.76. The van der Waals surface area contributed by atoms with Crippen molar-refractivity contribution >= 4 is 5.69 Å². The first-order valence-corrected chi connectivity index (χ1v) is 8.63. The van der Waals surface area contributed by atoms with Crippen molar-refractivity contribution in [2.45, 2.75) is 53.5 Å². The molecule has 124 valence electrons. The van der Waals surface area contributed by atoms with Crippen molar-refractivity contribution in [2.75, 3.05) is 11.9 Å². The first-order chi connectivity index (χ1) is 11.1. The van der Waals surface area contributed by atoms with Gasteiger partial charge in [-0.3, -0.25) is 0 Å². The average Bonchev–Trinajstić information content (AvgIpc) is 2.52. The van der Waals surface area contributed by atoms with E-state index in [1.165, 1.54) is 40.8 Å². The minimum absolute atomic E-state index is 0.813. The molecule has 0 saturated carbocycles. The Bertz CT molecular complexity index is 593. The number of aryl methyl sites for hydroxylation is 3. The summed E-state index contributed by atoms with van der Waals surface area (Å²) in [6.07, 6.45) is 3.59. The summed E-state index contributed by atoms with van der Waals surface area (Å²) in [5.41, 5.74) is 6.44. The Morgan fingerprint density at radius 2 is 1.57 bits per heavy atom. The van der Waals surface area contributed by atoms with Crippen LogP contribution in [-0.4, -0.2) is 6.61 Å². The van der Waals surface area contributed by atoms with Crippen LogP contribution in [0, 0.1) is 20.8 Å². The minimum Gasteiger partial charge on any atom is -0.494 e. The van der Waals surface area contributed by atoms with Gasteiger partial charge in [0, 0.05) is 12.2 Å². The second-order valence-corrected chi connectivity index (χ2v) is 6.33. The summed E-state index contributed by atoms with van der Waals surface area (Å²) >= 11 is 0. The van der Waals surface area contributed by atoms with Gasteiger partial charge >= 0.3 is 0 Å². The van der Waals surface area contributed by atoms with Gasteiger partial charge in [-0.1, -0.05) is 49.6 Å². The van der Waals surface area contributed by atoms with Gasteiger partial charge in [0.1, 0.15) is 5.75 Å². The van der Waals surface area contributed by atoms with Crippen LogP contribution in [0.4, 0.5) is 5.69 Å². The lowest BCUT2D eigenvalue weighted by Crippen LogP contribution is -2.03. The molecule has 0 amide bonds. The van der Waals surface area contributed by atoms with E-state index in [0.717, 1.165) is 25.3 Å². The number of anilines is 1. The summed E-state index contributed by atoms with van der Waals surface area (Å²) in [5.74, 6) is 0.965. The highest BCUT2D eigenvalue weighted by molar-refractivity contribution is 5.58. The number of hydrogen-bond donors (Lipinski definition) is 1. The van der Waals surface area contributed by atoms with Gasteiger partial charge in [0.25, 0.3) is 0 Å². The van der Waals surface area contributed by atoms with E-state index in [4.69, 9.17) is 4.74 Å². The molecule has 0 aromatic heterocycles. The number of ether oxygens (including phenoxy) is 1.